The lowest BCUT2D eigenvalue weighted by atomic mass is 10.4. The van der Waals surface area contributed by atoms with Crippen LogP contribution in [0.5, 0.6) is 0 Å². The summed E-state index contributed by atoms with van der Waals surface area (Å²) in [6.07, 6.45) is 1.54. The van der Waals surface area contributed by atoms with Crippen molar-refractivity contribution in [1.82, 2.24) is 4.98 Å². The molecular formula is C14H17N4O3+. The van der Waals surface area contributed by atoms with Gasteiger partial charge in [0.1, 0.15) is 19.2 Å². The quantitative estimate of drug-likeness (QED) is 0.813. The van der Waals surface area contributed by atoms with E-state index in [0.717, 1.165) is 39.4 Å². The summed E-state index contributed by atoms with van der Waals surface area (Å²) in [4.78, 5) is 5.61. The summed E-state index contributed by atoms with van der Waals surface area (Å²) in [7, 11) is 0. The van der Waals surface area contributed by atoms with Gasteiger partial charge in [-0.1, -0.05) is 0 Å². The number of nitrogens with one attached hydrogen (secondary N) is 2. The monoisotopic (exact) mass is 289 g/mol. The summed E-state index contributed by atoms with van der Waals surface area (Å²) < 4.78 is 16.1. The van der Waals surface area contributed by atoms with Crippen LogP contribution in [-0.2, 0) is 4.74 Å². The van der Waals surface area contributed by atoms with Gasteiger partial charge in [0.25, 0.3) is 5.89 Å². The Kier molecular flexibility index (Phi) is 4.19. The molecule has 1 saturated heterocycles. The topological polar surface area (TPSA) is 88.7 Å². The molecule has 3 rings (SSSR count). The molecule has 0 saturated carbocycles. The van der Waals surface area contributed by atoms with E-state index in [1.54, 1.807) is 18.4 Å². The van der Waals surface area contributed by atoms with Crippen molar-refractivity contribution in [2.45, 2.75) is 0 Å². The largest absolute Gasteiger partial charge is 0.459 e. The first kappa shape index (κ1) is 13.7. The number of quaternary nitrogens is 1. The molecule has 1 aliphatic rings. The number of oxazole rings is 1. The zero-order chi connectivity index (χ0) is 14.5. The van der Waals surface area contributed by atoms with Gasteiger partial charge in [-0.05, 0) is 12.1 Å². The average Bonchev–Trinajstić information content (AvgIpc) is 3.17. The minimum Gasteiger partial charge on any atom is -0.459 e. The Balaban J connectivity index is 1.61. The van der Waals surface area contributed by atoms with Crippen molar-refractivity contribution in [3.05, 3.63) is 24.1 Å². The maximum Gasteiger partial charge on any atom is 0.266 e. The van der Waals surface area contributed by atoms with Gasteiger partial charge in [0.2, 0.25) is 11.6 Å². The molecule has 7 nitrogen and oxygen atoms in total. The van der Waals surface area contributed by atoms with Crippen molar-refractivity contribution < 1.29 is 18.5 Å². The molecule has 2 N–H and O–H groups in total. The second kappa shape index (κ2) is 6.43. The van der Waals surface area contributed by atoms with E-state index in [4.69, 9.17) is 18.8 Å². The summed E-state index contributed by atoms with van der Waals surface area (Å²) in [6, 6.07) is 5.53. The summed E-state index contributed by atoms with van der Waals surface area (Å²) in [5.74, 6) is 1.23. The van der Waals surface area contributed by atoms with Gasteiger partial charge in [-0.2, -0.15) is 10.2 Å². The Bertz CT molecular complexity index is 609. The van der Waals surface area contributed by atoms with Crippen molar-refractivity contribution in [1.29, 1.82) is 5.26 Å². The molecule has 21 heavy (non-hydrogen) atoms. The highest BCUT2D eigenvalue weighted by molar-refractivity contribution is 5.54. The maximum absolute atomic E-state index is 9.11. The zero-order valence-corrected chi connectivity index (χ0v) is 11.6. The number of hydrogen-bond acceptors (Lipinski definition) is 6. The minimum atomic E-state index is 0.248. The van der Waals surface area contributed by atoms with E-state index >= 15 is 0 Å². The van der Waals surface area contributed by atoms with Gasteiger partial charge in [0.05, 0.1) is 32.6 Å². The highest BCUT2D eigenvalue weighted by Gasteiger charge is 2.17. The van der Waals surface area contributed by atoms with Crippen LogP contribution < -0.4 is 10.2 Å². The number of morpholine rings is 1. The van der Waals surface area contributed by atoms with Crippen LogP contribution in [0, 0.1) is 11.3 Å². The molecule has 1 fully saturated rings. The lowest BCUT2D eigenvalue weighted by molar-refractivity contribution is -0.906. The average molecular weight is 289 g/mol. The van der Waals surface area contributed by atoms with E-state index in [1.165, 1.54) is 4.90 Å². The molecule has 0 amide bonds. The van der Waals surface area contributed by atoms with E-state index in [0.29, 0.717) is 17.5 Å². The molecule has 0 aliphatic carbocycles. The minimum absolute atomic E-state index is 0.248. The van der Waals surface area contributed by atoms with Crippen LogP contribution >= 0.6 is 0 Å². The zero-order valence-electron chi connectivity index (χ0n) is 11.6. The normalized spacial score (nSPS) is 15.8. The van der Waals surface area contributed by atoms with Crippen LogP contribution in [0.2, 0.25) is 0 Å². The van der Waals surface area contributed by atoms with Gasteiger partial charge in [0, 0.05) is 0 Å². The SMILES string of the molecule is N#Cc1nc(-c2ccco2)oc1NCC[NH+]1CCOCC1. The second-order valence-electron chi connectivity index (χ2n) is 4.83. The van der Waals surface area contributed by atoms with Crippen LogP contribution in [0.1, 0.15) is 5.69 Å². The number of furan rings is 1. The second-order valence-corrected chi connectivity index (χ2v) is 4.83. The predicted octanol–water partition coefficient (Wildman–Crippen LogP) is 0.133. The molecular weight excluding hydrogens is 272 g/mol. The first-order valence-electron chi connectivity index (χ1n) is 6.97. The molecule has 3 heterocycles. The molecule has 0 aromatic carbocycles. The number of nitriles is 1. The van der Waals surface area contributed by atoms with E-state index in [2.05, 4.69) is 10.3 Å². The van der Waals surface area contributed by atoms with Crippen LogP contribution in [0.25, 0.3) is 11.7 Å². The highest BCUT2D eigenvalue weighted by Crippen LogP contribution is 2.25. The molecule has 2 aromatic heterocycles. The number of hydrogen-bond donors (Lipinski definition) is 2. The van der Waals surface area contributed by atoms with Crippen molar-refractivity contribution in [2.75, 3.05) is 44.7 Å². The van der Waals surface area contributed by atoms with E-state index in [-0.39, 0.29) is 5.69 Å². The predicted molar refractivity (Wildman–Crippen MR) is 73.8 cm³/mol. The van der Waals surface area contributed by atoms with Gasteiger partial charge in [-0.3, -0.25) is 0 Å². The number of rotatable bonds is 5. The number of anilines is 1. The standard InChI is InChI=1S/C14H16N4O3/c15-10-11-13(16-3-4-18-5-8-19-9-6-18)21-14(17-11)12-2-1-7-20-12/h1-2,7,16H,3-6,8-9H2/p+1. The Morgan fingerprint density at radius 2 is 2.24 bits per heavy atom. The third kappa shape index (κ3) is 3.24. The smallest absolute Gasteiger partial charge is 0.266 e. The van der Waals surface area contributed by atoms with Gasteiger partial charge >= 0.3 is 0 Å². The fourth-order valence-electron chi connectivity index (χ4n) is 2.28. The third-order valence-electron chi connectivity index (χ3n) is 3.43. The fourth-order valence-corrected chi connectivity index (χ4v) is 2.28. The lowest BCUT2D eigenvalue weighted by Gasteiger charge is -2.23. The van der Waals surface area contributed by atoms with E-state index in [1.807, 2.05) is 6.07 Å². The van der Waals surface area contributed by atoms with Crippen LogP contribution in [0.15, 0.2) is 27.2 Å². The lowest BCUT2D eigenvalue weighted by Crippen LogP contribution is -3.14. The molecule has 0 atom stereocenters. The Hall–Kier alpha value is -2.30. The number of aromatic nitrogens is 1. The molecule has 1 aliphatic heterocycles. The Morgan fingerprint density at radius 1 is 1.38 bits per heavy atom. The molecule has 0 spiro atoms. The molecule has 0 radical (unpaired) electrons. The van der Waals surface area contributed by atoms with Crippen molar-refractivity contribution in [3.63, 3.8) is 0 Å². The van der Waals surface area contributed by atoms with Crippen molar-refractivity contribution in [3.8, 4) is 17.7 Å². The first-order chi connectivity index (χ1) is 10.4. The summed E-state index contributed by atoms with van der Waals surface area (Å²) >= 11 is 0. The van der Waals surface area contributed by atoms with Gasteiger partial charge in [-0.15, -0.1) is 0 Å². The van der Waals surface area contributed by atoms with Crippen molar-refractivity contribution >= 4 is 5.88 Å². The van der Waals surface area contributed by atoms with E-state index < -0.39 is 0 Å². The Labute approximate surface area is 122 Å². The molecule has 110 valence electrons. The van der Waals surface area contributed by atoms with Crippen LogP contribution in [0.4, 0.5) is 5.88 Å². The fraction of sp³-hybridized carbons (Fsp3) is 0.429. The van der Waals surface area contributed by atoms with Gasteiger partial charge < -0.3 is 23.8 Å². The summed E-state index contributed by atoms with van der Waals surface area (Å²) in [5, 5.41) is 12.3. The van der Waals surface area contributed by atoms with E-state index in [9.17, 15) is 0 Å². The molecule has 2 aromatic rings. The third-order valence-corrected chi connectivity index (χ3v) is 3.43. The molecule has 0 unspecified atom stereocenters. The van der Waals surface area contributed by atoms with Crippen molar-refractivity contribution in [2.24, 2.45) is 0 Å². The van der Waals surface area contributed by atoms with Crippen LogP contribution in [-0.4, -0.2) is 44.4 Å². The summed E-state index contributed by atoms with van der Waals surface area (Å²) in [6.45, 7) is 5.32. The molecule has 0 bridgehead atoms. The maximum atomic E-state index is 9.11. The van der Waals surface area contributed by atoms with Crippen LogP contribution in [0.3, 0.4) is 0 Å². The summed E-state index contributed by atoms with van der Waals surface area (Å²) in [5.41, 5.74) is 0.248. The van der Waals surface area contributed by atoms with Gasteiger partial charge in [-0.25, -0.2) is 0 Å². The highest BCUT2D eigenvalue weighted by atomic mass is 16.5. The molecule has 7 heteroatoms. The number of nitrogens with zero attached hydrogens (tertiary/aromatic N) is 2. The number of ether oxygens (including phenoxy) is 1. The Morgan fingerprint density at radius 3 is 2.95 bits per heavy atom. The van der Waals surface area contributed by atoms with Gasteiger partial charge in [0.15, 0.2) is 5.76 Å². The first-order valence-corrected chi connectivity index (χ1v) is 6.97.